The molecule has 4 nitrogen and oxygen atoms in total. The zero-order valence-electron chi connectivity index (χ0n) is 12.2. The zero-order valence-corrected chi connectivity index (χ0v) is 12.2. The lowest BCUT2D eigenvalue weighted by molar-refractivity contribution is -0.137. The van der Waals surface area contributed by atoms with Crippen LogP contribution in [0.15, 0.2) is 12.1 Å². The van der Waals surface area contributed by atoms with E-state index in [4.69, 9.17) is 0 Å². The molecular formula is C14H20F3N3O. The van der Waals surface area contributed by atoms with E-state index in [0.29, 0.717) is 38.3 Å². The third-order valence-electron chi connectivity index (χ3n) is 3.66. The molecular weight excluding hydrogens is 283 g/mol. The second kappa shape index (κ2) is 5.71. The molecule has 21 heavy (non-hydrogen) atoms. The van der Waals surface area contributed by atoms with Crippen LogP contribution in [0.5, 0.6) is 0 Å². The maximum absolute atomic E-state index is 13.0. The highest BCUT2D eigenvalue weighted by molar-refractivity contribution is 5.51. The molecule has 0 saturated carbocycles. The van der Waals surface area contributed by atoms with E-state index in [0.717, 1.165) is 12.1 Å². The van der Waals surface area contributed by atoms with Gasteiger partial charge in [-0.25, -0.2) is 4.98 Å². The zero-order chi connectivity index (χ0) is 15.7. The fraction of sp³-hybridized carbons (Fsp3) is 0.643. The number of nitrogens with one attached hydrogen (secondary N) is 1. The maximum Gasteiger partial charge on any atom is 0.416 e. The Hall–Kier alpha value is -1.50. The lowest BCUT2D eigenvalue weighted by Gasteiger charge is -2.36. The Kier molecular flexibility index (Phi) is 4.32. The van der Waals surface area contributed by atoms with Crippen molar-refractivity contribution in [2.24, 2.45) is 0 Å². The Balaban J connectivity index is 2.28. The van der Waals surface area contributed by atoms with Crippen LogP contribution in [0.4, 0.5) is 24.8 Å². The van der Waals surface area contributed by atoms with Gasteiger partial charge in [-0.1, -0.05) is 0 Å². The molecule has 0 unspecified atom stereocenters. The molecule has 7 heteroatoms. The third kappa shape index (κ3) is 4.00. The summed E-state index contributed by atoms with van der Waals surface area (Å²) in [5.41, 5.74) is -1.45. The average molecular weight is 303 g/mol. The van der Waals surface area contributed by atoms with Crippen LogP contribution in [0.3, 0.4) is 0 Å². The van der Waals surface area contributed by atoms with E-state index < -0.39 is 17.3 Å². The Morgan fingerprint density at radius 1 is 1.33 bits per heavy atom. The SMILES string of the molecule is CCNc1cc(C(F)(F)F)cc(N2CCC(C)(O)CC2)n1. The minimum Gasteiger partial charge on any atom is -0.390 e. The molecule has 2 N–H and O–H groups in total. The summed E-state index contributed by atoms with van der Waals surface area (Å²) in [6.45, 7) is 5.04. The molecule has 0 amide bonds. The molecule has 0 aromatic carbocycles. The molecule has 0 bridgehead atoms. The molecule has 1 aromatic rings. The number of pyridine rings is 1. The van der Waals surface area contributed by atoms with Gasteiger partial charge < -0.3 is 15.3 Å². The minimum absolute atomic E-state index is 0.222. The molecule has 1 saturated heterocycles. The molecule has 2 rings (SSSR count). The molecule has 2 heterocycles. The Morgan fingerprint density at radius 3 is 2.48 bits per heavy atom. The normalized spacial score (nSPS) is 18.7. The highest BCUT2D eigenvalue weighted by atomic mass is 19.4. The lowest BCUT2D eigenvalue weighted by Crippen LogP contribution is -2.42. The van der Waals surface area contributed by atoms with Crippen LogP contribution in [0, 0.1) is 0 Å². The van der Waals surface area contributed by atoms with Crippen molar-refractivity contribution >= 4 is 11.6 Å². The molecule has 1 aliphatic heterocycles. The molecule has 1 aliphatic rings. The molecule has 118 valence electrons. The topological polar surface area (TPSA) is 48.4 Å². The second-order valence-electron chi connectivity index (χ2n) is 5.61. The minimum atomic E-state index is -4.40. The number of halogens is 3. The largest absolute Gasteiger partial charge is 0.416 e. The van der Waals surface area contributed by atoms with E-state index in [-0.39, 0.29) is 5.82 Å². The van der Waals surface area contributed by atoms with Crippen LogP contribution in [-0.2, 0) is 6.18 Å². The maximum atomic E-state index is 13.0. The quantitative estimate of drug-likeness (QED) is 0.901. The van der Waals surface area contributed by atoms with Gasteiger partial charge in [0, 0.05) is 19.6 Å². The average Bonchev–Trinajstić information content (AvgIpc) is 2.37. The van der Waals surface area contributed by atoms with Crippen LogP contribution in [-0.4, -0.2) is 35.3 Å². The number of anilines is 2. The number of rotatable bonds is 3. The molecule has 0 radical (unpaired) electrons. The first-order valence-corrected chi connectivity index (χ1v) is 7.02. The third-order valence-corrected chi connectivity index (χ3v) is 3.66. The summed E-state index contributed by atoms with van der Waals surface area (Å²) in [5, 5.41) is 12.8. The lowest BCUT2D eigenvalue weighted by atomic mass is 9.94. The number of aliphatic hydroxyl groups is 1. The van der Waals surface area contributed by atoms with Crippen molar-refractivity contribution in [3.05, 3.63) is 17.7 Å². The summed E-state index contributed by atoms with van der Waals surface area (Å²) in [4.78, 5) is 6.03. The van der Waals surface area contributed by atoms with Crippen LogP contribution < -0.4 is 10.2 Å². The van der Waals surface area contributed by atoms with Crippen LogP contribution in [0.2, 0.25) is 0 Å². The molecule has 1 aromatic heterocycles. The summed E-state index contributed by atoms with van der Waals surface area (Å²) < 4.78 is 38.9. The summed E-state index contributed by atoms with van der Waals surface area (Å²) in [6.07, 6.45) is -3.37. The van der Waals surface area contributed by atoms with Gasteiger partial charge in [0.2, 0.25) is 0 Å². The first kappa shape index (κ1) is 15.9. The van der Waals surface area contributed by atoms with Gasteiger partial charge in [-0.3, -0.25) is 0 Å². The Bertz CT molecular complexity index is 493. The van der Waals surface area contributed by atoms with Gasteiger partial charge >= 0.3 is 6.18 Å². The Labute approximate surface area is 122 Å². The van der Waals surface area contributed by atoms with Gasteiger partial charge in [-0.05, 0) is 38.8 Å². The van der Waals surface area contributed by atoms with Crippen molar-refractivity contribution in [1.82, 2.24) is 4.98 Å². The van der Waals surface area contributed by atoms with Crippen LogP contribution in [0.25, 0.3) is 0 Å². The first-order chi connectivity index (χ1) is 9.71. The fourth-order valence-corrected chi connectivity index (χ4v) is 2.33. The standard InChI is InChI=1S/C14H20F3N3O/c1-3-18-11-8-10(14(15,16)17)9-12(19-11)20-6-4-13(2,21)5-7-20/h8-9,21H,3-7H2,1-2H3,(H,18,19). The van der Waals surface area contributed by atoms with Crippen LogP contribution >= 0.6 is 0 Å². The number of hydrogen-bond acceptors (Lipinski definition) is 4. The summed E-state index contributed by atoms with van der Waals surface area (Å²) in [5.74, 6) is 0.524. The monoisotopic (exact) mass is 303 g/mol. The summed E-state index contributed by atoms with van der Waals surface area (Å²) >= 11 is 0. The summed E-state index contributed by atoms with van der Waals surface area (Å²) in [7, 11) is 0. The van der Waals surface area contributed by atoms with Gasteiger partial charge in [0.25, 0.3) is 0 Å². The number of aromatic nitrogens is 1. The van der Waals surface area contributed by atoms with E-state index in [2.05, 4.69) is 10.3 Å². The Morgan fingerprint density at radius 2 is 1.95 bits per heavy atom. The number of piperidine rings is 1. The fourth-order valence-electron chi connectivity index (χ4n) is 2.33. The van der Waals surface area contributed by atoms with Gasteiger partial charge in [0.15, 0.2) is 0 Å². The van der Waals surface area contributed by atoms with Gasteiger partial charge in [-0.2, -0.15) is 13.2 Å². The number of hydrogen-bond donors (Lipinski definition) is 2. The number of alkyl halides is 3. The second-order valence-corrected chi connectivity index (χ2v) is 5.61. The van der Waals surface area contributed by atoms with E-state index in [1.807, 2.05) is 0 Å². The predicted octanol–water partition coefficient (Wildman–Crippen LogP) is 2.88. The highest BCUT2D eigenvalue weighted by Crippen LogP contribution is 2.34. The smallest absolute Gasteiger partial charge is 0.390 e. The molecule has 1 fully saturated rings. The van der Waals surface area contributed by atoms with Crippen molar-refractivity contribution in [3.8, 4) is 0 Å². The predicted molar refractivity (Wildman–Crippen MR) is 75.5 cm³/mol. The number of nitrogens with zero attached hydrogens (tertiary/aromatic N) is 2. The molecule has 0 spiro atoms. The van der Waals surface area contributed by atoms with Gasteiger partial charge in [-0.15, -0.1) is 0 Å². The van der Waals surface area contributed by atoms with Crippen molar-refractivity contribution in [2.75, 3.05) is 29.9 Å². The van der Waals surface area contributed by atoms with E-state index in [1.165, 1.54) is 0 Å². The van der Waals surface area contributed by atoms with Gasteiger partial charge in [0.1, 0.15) is 11.6 Å². The first-order valence-electron chi connectivity index (χ1n) is 7.02. The van der Waals surface area contributed by atoms with Crippen molar-refractivity contribution in [3.63, 3.8) is 0 Å². The van der Waals surface area contributed by atoms with Crippen molar-refractivity contribution in [2.45, 2.75) is 38.5 Å². The summed E-state index contributed by atoms with van der Waals surface area (Å²) in [6, 6.07) is 2.09. The highest BCUT2D eigenvalue weighted by Gasteiger charge is 2.33. The van der Waals surface area contributed by atoms with E-state index in [1.54, 1.807) is 18.7 Å². The molecule has 0 atom stereocenters. The van der Waals surface area contributed by atoms with Gasteiger partial charge in [0.05, 0.1) is 11.2 Å². The molecule has 0 aliphatic carbocycles. The van der Waals surface area contributed by atoms with E-state index in [9.17, 15) is 18.3 Å². The van der Waals surface area contributed by atoms with Crippen molar-refractivity contribution in [1.29, 1.82) is 0 Å². The van der Waals surface area contributed by atoms with E-state index >= 15 is 0 Å². The van der Waals surface area contributed by atoms with Crippen molar-refractivity contribution < 1.29 is 18.3 Å². The van der Waals surface area contributed by atoms with Crippen LogP contribution in [0.1, 0.15) is 32.3 Å².